The first kappa shape index (κ1) is 17.4. The maximum Gasteiger partial charge on any atom is 0.264 e. The molecule has 130 valence electrons. The van der Waals surface area contributed by atoms with E-state index in [-0.39, 0.29) is 32.5 Å². The number of fused-ring (bicyclic) bond motifs is 1. The lowest BCUT2D eigenvalue weighted by atomic mass is 10.2. The zero-order valence-electron chi connectivity index (χ0n) is 12.7. The van der Waals surface area contributed by atoms with Gasteiger partial charge in [0.1, 0.15) is 10.7 Å². The Kier molecular flexibility index (Phi) is 4.53. The first-order valence-corrected chi connectivity index (χ1v) is 8.97. The maximum atomic E-state index is 12.7. The Morgan fingerprint density at radius 2 is 1.76 bits per heavy atom. The van der Waals surface area contributed by atoms with Crippen LogP contribution in [0, 0.1) is 0 Å². The van der Waals surface area contributed by atoms with Gasteiger partial charge in [0.05, 0.1) is 5.52 Å². The van der Waals surface area contributed by atoms with Crippen LogP contribution in [0.15, 0.2) is 53.4 Å². The molecule has 0 bridgehead atoms. The molecule has 7 nitrogen and oxygen atoms in total. The molecule has 25 heavy (non-hydrogen) atoms. The number of nitrogens with one attached hydrogen (secondary N) is 1. The van der Waals surface area contributed by atoms with Gasteiger partial charge in [0.15, 0.2) is 6.29 Å². The Morgan fingerprint density at radius 3 is 2.40 bits per heavy atom. The number of nitrogens with zero attached hydrogens (tertiary/aromatic N) is 1. The molecular weight excluding hydrogens is 366 g/mol. The molecule has 0 unspecified atom stereocenters. The Labute approximate surface area is 148 Å². The van der Waals surface area contributed by atoms with Gasteiger partial charge in [-0.15, -0.1) is 0 Å². The van der Waals surface area contributed by atoms with Crippen molar-refractivity contribution in [3.63, 3.8) is 0 Å². The number of aliphatic hydroxyl groups is 2. The second-order valence-electron chi connectivity index (χ2n) is 5.31. The lowest BCUT2D eigenvalue weighted by Gasteiger charge is -2.12. The van der Waals surface area contributed by atoms with E-state index in [1.807, 2.05) is 0 Å². The number of rotatable bonds is 4. The zero-order valence-corrected chi connectivity index (χ0v) is 14.3. The summed E-state index contributed by atoms with van der Waals surface area (Å²) in [4.78, 5) is 3.99. The number of benzene rings is 2. The van der Waals surface area contributed by atoms with Gasteiger partial charge in [0.2, 0.25) is 0 Å². The van der Waals surface area contributed by atoms with Crippen molar-refractivity contribution in [1.82, 2.24) is 4.98 Å². The largest absolute Gasteiger partial charge is 0.384 e. The number of aliphatic hydroxyl groups excluding tert-OH is 1. The molecule has 0 fully saturated rings. The summed E-state index contributed by atoms with van der Waals surface area (Å²) in [6.07, 6.45) is -1.63. The van der Waals surface area contributed by atoms with E-state index in [0.717, 1.165) is 0 Å². The predicted octanol–water partition coefficient (Wildman–Crippen LogP) is 2.25. The van der Waals surface area contributed by atoms with Crippen LogP contribution in [0.25, 0.3) is 10.9 Å². The van der Waals surface area contributed by atoms with Crippen molar-refractivity contribution in [2.75, 3.05) is 10.5 Å². The minimum atomic E-state index is -3.99. The number of nitrogen functional groups attached to an aromatic ring is 1. The molecule has 3 aromatic rings. The standard InChI is InChI=1S/C16H14ClN3O4S/c17-11-7-10-3-6-14(18)19-15(10)13(8-11)25(23,24)20-12-4-1-9(2-5-12)16(21)22/h1-8,16,20-22H,(H2,18,19). The third-order valence-electron chi connectivity index (χ3n) is 3.49. The van der Waals surface area contributed by atoms with Crippen LogP contribution in [0.3, 0.4) is 0 Å². The van der Waals surface area contributed by atoms with Gasteiger partial charge in [0.25, 0.3) is 10.0 Å². The molecule has 0 aliphatic carbocycles. The fourth-order valence-electron chi connectivity index (χ4n) is 2.32. The summed E-state index contributed by atoms with van der Waals surface area (Å²) >= 11 is 6.02. The van der Waals surface area contributed by atoms with Gasteiger partial charge >= 0.3 is 0 Å². The molecule has 0 aliphatic heterocycles. The third kappa shape index (κ3) is 3.67. The quantitative estimate of drug-likeness (QED) is 0.515. The minimum Gasteiger partial charge on any atom is -0.384 e. The van der Waals surface area contributed by atoms with E-state index in [2.05, 4.69) is 9.71 Å². The molecule has 1 aromatic heterocycles. The van der Waals surface area contributed by atoms with E-state index in [0.29, 0.717) is 5.39 Å². The number of pyridine rings is 1. The van der Waals surface area contributed by atoms with E-state index in [9.17, 15) is 8.42 Å². The Bertz CT molecular complexity index is 1040. The van der Waals surface area contributed by atoms with Gasteiger partial charge in [-0.25, -0.2) is 13.4 Å². The number of halogens is 1. The monoisotopic (exact) mass is 379 g/mol. The summed E-state index contributed by atoms with van der Waals surface area (Å²) in [6.45, 7) is 0. The molecule has 0 saturated carbocycles. The van der Waals surface area contributed by atoms with Gasteiger partial charge in [-0.3, -0.25) is 4.72 Å². The van der Waals surface area contributed by atoms with Crippen LogP contribution in [-0.4, -0.2) is 23.6 Å². The number of anilines is 2. The summed E-state index contributed by atoms with van der Waals surface area (Å²) in [5, 5.41) is 19.0. The topological polar surface area (TPSA) is 126 Å². The van der Waals surface area contributed by atoms with Crippen molar-refractivity contribution < 1.29 is 18.6 Å². The molecule has 0 radical (unpaired) electrons. The first-order valence-electron chi connectivity index (χ1n) is 7.11. The van der Waals surface area contributed by atoms with Gasteiger partial charge in [-0.05, 0) is 36.4 Å². The summed E-state index contributed by atoms with van der Waals surface area (Å²) in [5.41, 5.74) is 6.37. The fourth-order valence-corrected chi connectivity index (χ4v) is 3.87. The number of aromatic nitrogens is 1. The van der Waals surface area contributed by atoms with Crippen LogP contribution >= 0.6 is 11.6 Å². The number of hydrogen-bond acceptors (Lipinski definition) is 6. The SMILES string of the molecule is Nc1ccc2cc(Cl)cc(S(=O)(=O)Nc3ccc(C(O)O)cc3)c2n1. The Morgan fingerprint density at radius 1 is 1.08 bits per heavy atom. The van der Waals surface area contributed by atoms with Crippen molar-refractivity contribution in [3.8, 4) is 0 Å². The highest BCUT2D eigenvalue weighted by Gasteiger charge is 2.20. The minimum absolute atomic E-state index is 0.103. The van der Waals surface area contributed by atoms with Crippen LogP contribution < -0.4 is 10.5 Å². The van der Waals surface area contributed by atoms with Crippen LogP contribution in [0.5, 0.6) is 0 Å². The molecule has 0 amide bonds. The van der Waals surface area contributed by atoms with E-state index in [1.165, 1.54) is 30.3 Å². The average Bonchev–Trinajstić information content (AvgIpc) is 2.54. The Balaban J connectivity index is 2.05. The fraction of sp³-hybridized carbons (Fsp3) is 0.0625. The number of hydrogen-bond donors (Lipinski definition) is 4. The predicted molar refractivity (Wildman–Crippen MR) is 95.6 cm³/mol. The van der Waals surface area contributed by atoms with Crippen LogP contribution in [-0.2, 0) is 10.0 Å². The molecule has 9 heteroatoms. The molecule has 1 heterocycles. The first-order chi connectivity index (χ1) is 11.8. The van der Waals surface area contributed by atoms with Crippen molar-refractivity contribution in [1.29, 1.82) is 0 Å². The highest BCUT2D eigenvalue weighted by Crippen LogP contribution is 2.28. The van der Waals surface area contributed by atoms with Gasteiger partial charge < -0.3 is 15.9 Å². The van der Waals surface area contributed by atoms with E-state index in [4.69, 9.17) is 27.5 Å². The van der Waals surface area contributed by atoms with E-state index in [1.54, 1.807) is 18.2 Å². The molecule has 0 saturated heterocycles. The molecule has 0 aliphatic rings. The van der Waals surface area contributed by atoms with Crippen molar-refractivity contribution >= 4 is 44.0 Å². The second kappa shape index (κ2) is 6.49. The van der Waals surface area contributed by atoms with Crippen LogP contribution in [0.2, 0.25) is 5.02 Å². The zero-order chi connectivity index (χ0) is 18.2. The molecule has 3 rings (SSSR count). The highest BCUT2D eigenvalue weighted by molar-refractivity contribution is 7.93. The van der Waals surface area contributed by atoms with Gasteiger partial charge in [-0.2, -0.15) is 0 Å². The van der Waals surface area contributed by atoms with Gasteiger partial charge in [0, 0.05) is 21.7 Å². The Hall–Kier alpha value is -2.39. The molecule has 0 atom stereocenters. The highest BCUT2D eigenvalue weighted by atomic mass is 35.5. The smallest absolute Gasteiger partial charge is 0.264 e. The van der Waals surface area contributed by atoms with Crippen molar-refractivity contribution in [2.45, 2.75) is 11.2 Å². The molecule has 5 N–H and O–H groups in total. The van der Waals surface area contributed by atoms with Gasteiger partial charge in [-0.1, -0.05) is 23.7 Å². The second-order valence-corrected chi connectivity index (χ2v) is 7.40. The summed E-state index contributed by atoms with van der Waals surface area (Å²) in [6, 6.07) is 11.7. The average molecular weight is 380 g/mol. The lowest BCUT2D eigenvalue weighted by Crippen LogP contribution is -2.14. The molecular formula is C16H14ClN3O4S. The maximum absolute atomic E-state index is 12.7. The van der Waals surface area contributed by atoms with Crippen molar-refractivity contribution in [2.24, 2.45) is 0 Å². The van der Waals surface area contributed by atoms with Crippen LogP contribution in [0.4, 0.5) is 11.5 Å². The summed E-state index contributed by atoms with van der Waals surface area (Å²) < 4.78 is 27.9. The molecule has 2 aromatic carbocycles. The summed E-state index contributed by atoms with van der Waals surface area (Å²) in [5.74, 6) is 0.188. The number of nitrogens with two attached hydrogens (primary N) is 1. The summed E-state index contributed by atoms with van der Waals surface area (Å²) in [7, 11) is -3.99. The van der Waals surface area contributed by atoms with Crippen LogP contribution in [0.1, 0.15) is 11.9 Å². The molecule has 0 spiro atoms. The van der Waals surface area contributed by atoms with E-state index < -0.39 is 16.3 Å². The third-order valence-corrected chi connectivity index (χ3v) is 5.11. The lowest BCUT2D eigenvalue weighted by molar-refractivity contribution is -0.0424. The normalized spacial score (nSPS) is 11.8. The number of sulfonamides is 1. The van der Waals surface area contributed by atoms with Crippen molar-refractivity contribution in [3.05, 3.63) is 59.1 Å². The van der Waals surface area contributed by atoms with E-state index >= 15 is 0 Å².